The molecule has 0 fully saturated rings. The maximum Gasteiger partial charge on any atom is 0.460 e. The number of amides is 1. The molecule has 3 nitrogen and oxygen atoms in total. The van der Waals surface area contributed by atoms with Gasteiger partial charge in [-0.15, -0.1) is 0 Å². The van der Waals surface area contributed by atoms with Crippen LogP contribution < -0.4 is 5.32 Å². The topological polar surface area (TPSA) is 38.3 Å². The fourth-order valence-electron chi connectivity index (χ4n) is 0.990. The van der Waals surface area contributed by atoms with Gasteiger partial charge in [-0.25, -0.2) is 0 Å². The average molecular weight is 335 g/mol. The van der Waals surface area contributed by atoms with Crippen molar-refractivity contribution in [2.24, 2.45) is 0 Å². The lowest BCUT2D eigenvalue weighted by molar-refractivity contribution is -0.397. The van der Waals surface area contributed by atoms with Crippen molar-refractivity contribution in [3.05, 3.63) is 0 Å². The van der Waals surface area contributed by atoms with Gasteiger partial charge in [0, 0.05) is 13.3 Å². The van der Waals surface area contributed by atoms with Gasteiger partial charge in [-0.2, -0.15) is 39.5 Å². The van der Waals surface area contributed by atoms with E-state index in [0.717, 1.165) is 6.92 Å². The Hall–Kier alpha value is -1.20. The highest BCUT2D eigenvalue weighted by Gasteiger charge is 2.81. The molecule has 21 heavy (non-hydrogen) atoms. The zero-order valence-electron chi connectivity index (χ0n) is 10.3. The van der Waals surface area contributed by atoms with Gasteiger partial charge in [0.15, 0.2) is 0 Å². The molecule has 0 heterocycles. The van der Waals surface area contributed by atoms with Crippen LogP contribution in [0.4, 0.5) is 39.5 Å². The fourth-order valence-corrected chi connectivity index (χ4v) is 0.990. The zero-order chi connectivity index (χ0) is 17.1. The predicted molar refractivity (Wildman–Crippen MR) is 50.1 cm³/mol. The molecular weight excluding hydrogens is 325 g/mol. The lowest BCUT2D eigenvalue weighted by Crippen LogP contribution is -2.61. The summed E-state index contributed by atoms with van der Waals surface area (Å²) < 4.78 is 116. The van der Waals surface area contributed by atoms with Crippen LogP contribution in [0.1, 0.15) is 13.3 Å². The van der Waals surface area contributed by atoms with Gasteiger partial charge < -0.3 is 10.1 Å². The second-order valence-corrected chi connectivity index (χ2v) is 3.89. The van der Waals surface area contributed by atoms with Crippen molar-refractivity contribution in [2.45, 2.75) is 37.3 Å². The van der Waals surface area contributed by atoms with E-state index in [-0.39, 0.29) is 0 Å². The highest BCUT2D eigenvalue weighted by Crippen LogP contribution is 2.53. The van der Waals surface area contributed by atoms with Crippen molar-refractivity contribution in [3.8, 4) is 0 Å². The van der Waals surface area contributed by atoms with Crippen LogP contribution in [0.2, 0.25) is 0 Å². The lowest BCUT2D eigenvalue weighted by atomic mass is 10.0. The van der Waals surface area contributed by atoms with Crippen LogP contribution in [0.5, 0.6) is 0 Å². The number of nitrogens with one attached hydrogen (secondary N) is 1. The van der Waals surface area contributed by atoms with Crippen molar-refractivity contribution >= 4 is 5.91 Å². The highest BCUT2D eigenvalue weighted by molar-refractivity contribution is 5.72. The number of halogens is 9. The quantitative estimate of drug-likeness (QED) is 0.441. The van der Waals surface area contributed by atoms with Gasteiger partial charge in [0.2, 0.25) is 5.91 Å². The molecule has 1 N–H and O–H groups in total. The Morgan fingerprint density at radius 2 is 1.43 bits per heavy atom. The molecular formula is C9H10F9NO2. The zero-order valence-corrected chi connectivity index (χ0v) is 10.3. The van der Waals surface area contributed by atoms with Crippen molar-refractivity contribution in [3.63, 3.8) is 0 Å². The largest absolute Gasteiger partial charge is 0.460 e. The fraction of sp³-hybridized carbons (Fsp3) is 0.889. The Morgan fingerprint density at radius 3 is 1.81 bits per heavy atom. The number of hydrogen-bond donors (Lipinski definition) is 1. The molecule has 0 aromatic heterocycles. The van der Waals surface area contributed by atoms with E-state index in [4.69, 9.17) is 0 Å². The first-order valence-corrected chi connectivity index (χ1v) is 5.19. The second-order valence-electron chi connectivity index (χ2n) is 3.89. The molecule has 0 aliphatic heterocycles. The van der Waals surface area contributed by atoms with Crippen LogP contribution in [0, 0.1) is 0 Å². The van der Waals surface area contributed by atoms with Crippen molar-refractivity contribution in [2.75, 3.05) is 13.3 Å². The number of ether oxygens (including phenoxy) is 1. The monoisotopic (exact) mass is 335 g/mol. The molecule has 0 rings (SSSR count). The molecule has 0 aromatic carbocycles. The van der Waals surface area contributed by atoms with Gasteiger partial charge in [0.25, 0.3) is 0 Å². The summed E-state index contributed by atoms with van der Waals surface area (Å²) in [7, 11) is 0. The molecule has 0 aliphatic rings. The molecule has 0 bridgehead atoms. The summed E-state index contributed by atoms with van der Waals surface area (Å²) in [6, 6.07) is 0. The third-order valence-corrected chi connectivity index (χ3v) is 2.19. The van der Waals surface area contributed by atoms with E-state index in [1.54, 1.807) is 0 Å². The second kappa shape index (κ2) is 6.28. The summed E-state index contributed by atoms with van der Waals surface area (Å²) in [6.07, 6.45) is -8.93. The molecule has 0 saturated carbocycles. The molecule has 0 spiro atoms. The Labute approximate surface area is 112 Å². The number of carbonyl (C=O) groups excluding carboxylic acids is 1. The van der Waals surface area contributed by atoms with Crippen molar-refractivity contribution in [1.29, 1.82) is 0 Å². The first kappa shape index (κ1) is 19.8. The molecule has 0 radical (unpaired) electrons. The number of alkyl halides is 9. The Kier molecular flexibility index (Phi) is 5.92. The Bertz CT molecular complexity index is 367. The van der Waals surface area contributed by atoms with E-state index in [9.17, 15) is 44.3 Å². The molecule has 0 aromatic rings. The van der Waals surface area contributed by atoms with Crippen molar-refractivity contribution < 1.29 is 49.0 Å². The summed E-state index contributed by atoms with van der Waals surface area (Å²) >= 11 is 0. The van der Waals surface area contributed by atoms with Gasteiger partial charge >= 0.3 is 23.9 Å². The molecule has 0 saturated heterocycles. The molecule has 0 aliphatic carbocycles. The van der Waals surface area contributed by atoms with Crippen LogP contribution in [-0.4, -0.2) is 43.2 Å². The number of carbonyl (C=O) groups is 1. The highest BCUT2D eigenvalue weighted by atomic mass is 19.4. The van der Waals surface area contributed by atoms with Gasteiger partial charge in [-0.3, -0.25) is 4.79 Å². The normalized spacial score (nSPS) is 14.2. The first-order chi connectivity index (χ1) is 9.17. The standard InChI is InChI=1S/C9H10F9NO2/c1-5(20)19-4-21-3-2-6(10,11)7(12,13)8(14,15)9(16,17)18/h2-4H2,1H3,(H,19,20). The lowest BCUT2D eigenvalue weighted by Gasteiger charge is -2.33. The molecule has 0 unspecified atom stereocenters. The number of rotatable bonds is 7. The summed E-state index contributed by atoms with van der Waals surface area (Å²) in [4.78, 5) is 10.3. The van der Waals surface area contributed by atoms with Crippen LogP contribution in [0.3, 0.4) is 0 Å². The summed E-state index contributed by atoms with van der Waals surface area (Å²) in [5.74, 6) is -19.9. The first-order valence-electron chi connectivity index (χ1n) is 5.19. The molecule has 12 heteroatoms. The summed E-state index contributed by atoms with van der Waals surface area (Å²) in [5.41, 5.74) is 0. The van der Waals surface area contributed by atoms with Gasteiger partial charge in [0.05, 0.1) is 6.61 Å². The van der Waals surface area contributed by atoms with Gasteiger partial charge in [-0.05, 0) is 0 Å². The average Bonchev–Trinajstić information content (AvgIpc) is 2.25. The Balaban J connectivity index is 4.77. The minimum Gasteiger partial charge on any atom is -0.361 e. The smallest absolute Gasteiger partial charge is 0.361 e. The minimum atomic E-state index is -6.90. The van der Waals surface area contributed by atoms with Gasteiger partial charge in [0.1, 0.15) is 6.73 Å². The van der Waals surface area contributed by atoms with E-state index < -0.39 is 49.6 Å². The van der Waals surface area contributed by atoms with E-state index in [1.165, 1.54) is 0 Å². The van der Waals surface area contributed by atoms with Gasteiger partial charge in [-0.1, -0.05) is 0 Å². The minimum absolute atomic E-state index is 0.657. The molecule has 0 atom stereocenters. The predicted octanol–water partition coefficient (Wildman–Crippen LogP) is 2.95. The molecule has 1 amide bonds. The molecule has 126 valence electrons. The van der Waals surface area contributed by atoms with Crippen LogP contribution in [0.25, 0.3) is 0 Å². The van der Waals surface area contributed by atoms with E-state index >= 15 is 0 Å². The third kappa shape index (κ3) is 4.38. The van der Waals surface area contributed by atoms with E-state index in [1.807, 2.05) is 5.32 Å². The maximum atomic E-state index is 12.9. The van der Waals surface area contributed by atoms with Crippen LogP contribution >= 0.6 is 0 Å². The summed E-state index contributed by atoms with van der Waals surface area (Å²) in [5, 5.41) is 1.90. The Morgan fingerprint density at radius 1 is 0.952 bits per heavy atom. The van der Waals surface area contributed by atoms with Crippen LogP contribution in [0.15, 0.2) is 0 Å². The van der Waals surface area contributed by atoms with Crippen molar-refractivity contribution in [1.82, 2.24) is 5.32 Å². The van der Waals surface area contributed by atoms with E-state index in [0.29, 0.717) is 0 Å². The SMILES string of the molecule is CC(=O)NCOCCC(F)(F)C(F)(F)C(F)(F)C(F)(F)F. The summed E-state index contributed by atoms with van der Waals surface area (Å²) in [6.45, 7) is -0.945. The third-order valence-electron chi connectivity index (χ3n) is 2.19. The van der Waals surface area contributed by atoms with E-state index in [2.05, 4.69) is 4.74 Å². The maximum absolute atomic E-state index is 12.9. The van der Waals surface area contributed by atoms with Crippen LogP contribution in [-0.2, 0) is 9.53 Å². The number of hydrogen-bond acceptors (Lipinski definition) is 2.